The summed E-state index contributed by atoms with van der Waals surface area (Å²) in [4.78, 5) is 11.6. The molecule has 2 unspecified atom stereocenters. The van der Waals surface area contributed by atoms with Crippen LogP contribution in [0.1, 0.15) is 28.4 Å². The minimum absolute atomic E-state index is 0.0494. The molecule has 0 fully saturated rings. The summed E-state index contributed by atoms with van der Waals surface area (Å²) in [7, 11) is 0. The maximum absolute atomic E-state index is 11.6. The molecule has 1 aliphatic heterocycles. The van der Waals surface area contributed by atoms with E-state index in [0.29, 0.717) is 29.9 Å². The molecule has 17 heavy (non-hydrogen) atoms. The predicted octanol–water partition coefficient (Wildman–Crippen LogP) is 1.44. The number of fused-ring (bicyclic) bond motifs is 1. The SMILES string of the molecule is O=C1CCOc2cc(C(O)C(O)CBr)ccc21. The molecule has 0 bridgehead atoms. The Balaban J connectivity index is 2.30. The first-order chi connectivity index (χ1) is 8.13. The first-order valence-electron chi connectivity index (χ1n) is 5.35. The fourth-order valence-corrected chi connectivity index (χ4v) is 2.12. The number of aliphatic hydroxyl groups excluding tert-OH is 2. The van der Waals surface area contributed by atoms with Crippen molar-refractivity contribution in [3.05, 3.63) is 29.3 Å². The van der Waals surface area contributed by atoms with E-state index in [1.165, 1.54) is 0 Å². The molecule has 0 amide bonds. The molecule has 4 nitrogen and oxygen atoms in total. The van der Waals surface area contributed by atoms with Gasteiger partial charge in [0.25, 0.3) is 0 Å². The summed E-state index contributed by atoms with van der Waals surface area (Å²) in [5.74, 6) is 0.535. The normalized spacial score (nSPS) is 18.2. The van der Waals surface area contributed by atoms with Crippen LogP contribution in [0.2, 0.25) is 0 Å². The largest absolute Gasteiger partial charge is 0.492 e. The van der Waals surface area contributed by atoms with E-state index in [-0.39, 0.29) is 11.1 Å². The first kappa shape index (κ1) is 12.5. The van der Waals surface area contributed by atoms with E-state index >= 15 is 0 Å². The molecule has 0 aromatic heterocycles. The predicted molar refractivity (Wildman–Crippen MR) is 65.6 cm³/mol. The molecule has 92 valence electrons. The van der Waals surface area contributed by atoms with E-state index in [0.717, 1.165) is 0 Å². The number of ether oxygens (including phenoxy) is 1. The molecule has 2 N–H and O–H groups in total. The second kappa shape index (κ2) is 5.16. The van der Waals surface area contributed by atoms with Gasteiger partial charge in [-0.15, -0.1) is 0 Å². The highest BCUT2D eigenvalue weighted by Crippen LogP contribution is 2.29. The lowest BCUT2D eigenvalue weighted by atomic mass is 9.99. The Morgan fingerprint density at radius 2 is 2.18 bits per heavy atom. The monoisotopic (exact) mass is 300 g/mol. The van der Waals surface area contributed by atoms with E-state index in [1.807, 2.05) is 0 Å². The zero-order valence-corrected chi connectivity index (χ0v) is 10.7. The maximum atomic E-state index is 11.6. The summed E-state index contributed by atoms with van der Waals surface area (Å²) < 4.78 is 5.37. The van der Waals surface area contributed by atoms with Crippen LogP contribution in [-0.2, 0) is 0 Å². The molecule has 0 radical (unpaired) electrons. The van der Waals surface area contributed by atoms with Crippen molar-refractivity contribution >= 4 is 21.7 Å². The summed E-state index contributed by atoms with van der Waals surface area (Å²) in [6.07, 6.45) is -1.48. The molecule has 1 aromatic rings. The number of halogens is 1. The third-order valence-corrected chi connectivity index (χ3v) is 3.42. The van der Waals surface area contributed by atoms with E-state index in [1.54, 1.807) is 18.2 Å². The number of benzene rings is 1. The lowest BCUT2D eigenvalue weighted by Gasteiger charge is -2.20. The molecule has 1 heterocycles. The number of carbonyl (C=O) groups excluding carboxylic acids is 1. The molecular formula is C12H13BrO4. The van der Waals surface area contributed by atoms with Gasteiger partial charge in [0.15, 0.2) is 5.78 Å². The van der Waals surface area contributed by atoms with Crippen molar-refractivity contribution in [3.8, 4) is 5.75 Å². The van der Waals surface area contributed by atoms with E-state index < -0.39 is 12.2 Å². The van der Waals surface area contributed by atoms with E-state index in [2.05, 4.69) is 15.9 Å². The van der Waals surface area contributed by atoms with Gasteiger partial charge in [0, 0.05) is 11.8 Å². The third kappa shape index (κ3) is 2.51. The summed E-state index contributed by atoms with van der Waals surface area (Å²) in [6, 6.07) is 4.89. The highest BCUT2D eigenvalue weighted by molar-refractivity contribution is 9.09. The molecule has 1 aromatic carbocycles. The highest BCUT2D eigenvalue weighted by Gasteiger charge is 2.22. The van der Waals surface area contributed by atoms with E-state index in [9.17, 15) is 15.0 Å². The molecule has 5 heteroatoms. The van der Waals surface area contributed by atoms with Crippen molar-refractivity contribution in [3.63, 3.8) is 0 Å². The molecule has 0 aliphatic carbocycles. The Bertz CT molecular complexity index is 433. The minimum atomic E-state index is -0.986. The number of aliphatic hydroxyl groups is 2. The number of Topliss-reactive ketones (excluding diaryl/α,β-unsaturated/α-hetero) is 1. The topological polar surface area (TPSA) is 66.8 Å². The summed E-state index contributed by atoms with van der Waals surface area (Å²) in [6.45, 7) is 0.367. The van der Waals surface area contributed by atoms with Crippen LogP contribution < -0.4 is 4.74 Å². The van der Waals surface area contributed by atoms with Crippen LogP contribution in [-0.4, -0.2) is 34.0 Å². The Kier molecular flexibility index (Phi) is 3.81. The standard InChI is InChI=1S/C12H13BrO4/c13-6-10(15)12(16)7-1-2-8-9(14)3-4-17-11(8)5-7/h1-2,5,10,12,15-16H,3-4,6H2. The first-order valence-corrected chi connectivity index (χ1v) is 6.47. The van der Waals surface area contributed by atoms with Crippen molar-refractivity contribution in [2.45, 2.75) is 18.6 Å². The van der Waals surface area contributed by atoms with Gasteiger partial charge in [-0.05, 0) is 17.7 Å². The second-order valence-corrected chi connectivity index (χ2v) is 4.59. The van der Waals surface area contributed by atoms with Crippen LogP contribution in [0.5, 0.6) is 5.75 Å². The molecular weight excluding hydrogens is 288 g/mol. The summed E-state index contributed by atoms with van der Waals surface area (Å²) >= 11 is 3.10. The van der Waals surface area contributed by atoms with Crippen LogP contribution in [0.25, 0.3) is 0 Å². The van der Waals surface area contributed by atoms with Gasteiger partial charge >= 0.3 is 0 Å². The lowest BCUT2D eigenvalue weighted by Crippen LogP contribution is -2.21. The number of hydrogen-bond donors (Lipinski definition) is 2. The minimum Gasteiger partial charge on any atom is -0.492 e. The Morgan fingerprint density at radius 3 is 2.88 bits per heavy atom. The smallest absolute Gasteiger partial charge is 0.169 e. The fraction of sp³-hybridized carbons (Fsp3) is 0.417. The third-order valence-electron chi connectivity index (χ3n) is 2.76. The van der Waals surface area contributed by atoms with Gasteiger partial charge < -0.3 is 14.9 Å². The van der Waals surface area contributed by atoms with Crippen molar-refractivity contribution in [2.75, 3.05) is 11.9 Å². The molecule has 1 aliphatic rings. The highest BCUT2D eigenvalue weighted by atomic mass is 79.9. The summed E-state index contributed by atoms with van der Waals surface area (Å²) in [5, 5.41) is 19.7. The number of carbonyl (C=O) groups is 1. The van der Waals surface area contributed by atoms with Crippen LogP contribution in [0.4, 0.5) is 0 Å². The van der Waals surface area contributed by atoms with Gasteiger partial charge in [-0.2, -0.15) is 0 Å². The average Bonchev–Trinajstić information content (AvgIpc) is 2.37. The Morgan fingerprint density at radius 1 is 1.41 bits per heavy atom. The summed E-state index contributed by atoms with van der Waals surface area (Å²) in [5.41, 5.74) is 1.09. The van der Waals surface area contributed by atoms with Crippen molar-refractivity contribution in [1.82, 2.24) is 0 Å². The Labute approximate surface area is 107 Å². The maximum Gasteiger partial charge on any atom is 0.169 e. The molecule has 2 atom stereocenters. The van der Waals surface area contributed by atoms with Crippen molar-refractivity contribution in [1.29, 1.82) is 0 Å². The fourth-order valence-electron chi connectivity index (χ4n) is 1.77. The number of rotatable bonds is 3. The van der Waals surface area contributed by atoms with Crippen LogP contribution in [0.15, 0.2) is 18.2 Å². The quantitative estimate of drug-likeness (QED) is 0.829. The molecule has 0 saturated carbocycles. The Hall–Kier alpha value is -0.910. The van der Waals surface area contributed by atoms with Gasteiger partial charge in [-0.25, -0.2) is 0 Å². The zero-order chi connectivity index (χ0) is 12.4. The zero-order valence-electron chi connectivity index (χ0n) is 9.10. The van der Waals surface area contributed by atoms with Crippen LogP contribution >= 0.6 is 15.9 Å². The molecule has 0 spiro atoms. The van der Waals surface area contributed by atoms with Crippen molar-refractivity contribution in [2.24, 2.45) is 0 Å². The molecule has 2 rings (SSSR count). The van der Waals surface area contributed by atoms with E-state index in [4.69, 9.17) is 4.74 Å². The lowest BCUT2D eigenvalue weighted by molar-refractivity contribution is 0.0341. The van der Waals surface area contributed by atoms with Gasteiger partial charge in [0.1, 0.15) is 11.9 Å². The number of ketones is 1. The van der Waals surface area contributed by atoms with Gasteiger partial charge in [-0.1, -0.05) is 22.0 Å². The second-order valence-electron chi connectivity index (χ2n) is 3.94. The number of alkyl halides is 1. The molecule has 0 saturated heterocycles. The van der Waals surface area contributed by atoms with Crippen molar-refractivity contribution < 1.29 is 19.7 Å². The van der Waals surface area contributed by atoms with Crippen LogP contribution in [0.3, 0.4) is 0 Å². The van der Waals surface area contributed by atoms with Crippen LogP contribution in [0, 0.1) is 0 Å². The number of hydrogen-bond acceptors (Lipinski definition) is 4. The van der Waals surface area contributed by atoms with Gasteiger partial charge in [0.2, 0.25) is 0 Å². The van der Waals surface area contributed by atoms with Gasteiger partial charge in [0.05, 0.1) is 18.3 Å². The van der Waals surface area contributed by atoms with Gasteiger partial charge in [-0.3, -0.25) is 4.79 Å². The average molecular weight is 301 g/mol.